The Bertz CT molecular complexity index is 963. The van der Waals surface area contributed by atoms with E-state index in [9.17, 15) is 19.7 Å². The minimum Gasteiger partial charge on any atom is -0.493 e. The van der Waals surface area contributed by atoms with Crippen LogP contribution in [-0.4, -0.2) is 43.7 Å². The van der Waals surface area contributed by atoms with Crippen molar-refractivity contribution in [2.75, 3.05) is 20.8 Å². The number of nitro groups is 1. The normalized spacial score (nSPS) is 10.4. The molecule has 0 saturated heterocycles. The van der Waals surface area contributed by atoms with Crippen molar-refractivity contribution < 1.29 is 24.0 Å². The molecular formula is C18H17BrN4O6. The molecule has 2 N–H and O–H groups in total. The third kappa shape index (κ3) is 6.01. The van der Waals surface area contributed by atoms with Crippen LogP contribution in [0.3, 0.4) is 0 Å². The number of nitrogens with one attached hydrogen (secondary N) is 2. The maximum Gasteiger partial charge on any atom is 0.284 e. The number of rotatable bonds is 8. The number of hydrazone groups is 1. The molecule has 2 aromatic carbocycles. The smallest absolute Gasteiger partial charge is 0.284 e. The third-order valence-corrected chi connectivity index (χ3v) is 4.30. The van der Waals surface area contributed by atoms with Crippen molar-refractivity contribution in [1.82, 2.24) is 10.7 Å². The van der Waals surface area contributed by atoms with Crippen molar-refractivity contribution >= 4 is 39.6 Å². The monoisotopic (exact) mass is 464 g/mol. The zero-order valence-corrected chi connectivity index (χ0v) is 17.1. The summed E-state index contributed by atoms with van der Waals surface area (Å²) in [5, 5.41) is 17.1. The summed E-state index contributed by atoms with van der Waals surface area (Å²) in [5.41, 5.74) is 2.83. The molecule has 0 aromatic heterocycles. The third-order valence-electron chi connectivity index (χ3n) is 3.62. The molecule has 29 heavy (non-hydrogen) atoms. The van der Waals surface area contributed by atoms with Gasteiger partial charge in [-0.3, -0.25) is 19.7 Å². The molecule has 0 radical (unpaired) electrons. The first kappa shape index (κ1) is 21.8. The van der Waals surface area contributed by atoms with Crippen LogP contribution in [0, 0.1) is 10.1 Å². The molecule has 0 saturated carbocycles. The quantitative estimate of drug-likeness (QED) is 0.349. The predicted octanol–water partition coefficient (Wildman–Crippen LogP) is 2.25. The van der Waals surface area contributed by atoms with Gasteiger partial charge in [0, 0.05) is 17.2 Å². The number of methoxy groups -OCH3 is 2. The minimum atomic E-state index is -0.568. The van der Waals surface area contributed by atoms with Crippen LogP contribution in [0.15, 0.2) is 46.0 Å². The Hall–Kier alpha value is -3.47. The van der Waals surface area contributed by atoms with Crippen LogP contribution in [-0.2, 0) is 4.79 Å². The lowest BCUT2D eigenvalue weighted by atomic mass is 10.2. The molecule has 0 heterocycles. The van der Waals surface area contributed by atoms with Gasteiger partial charge in [0.05, 0.1) is 36.4 Å². The number of benzene rings is 2. The fourth-order valence-electron chi connectivity index (χ4n) is 2.21. The lowest BCUT2D eigenvalue weighted by Crippen LogP contribution is -2.34. The molecule has 11 heteroatoms. The number of hydrogen-bond acceptors (Lipinski definition) is 7. The number of ether oxygens (including phenoxy) is 2. The first-order valence-corrected chi connectivity index (χ1v) is 8.91. The van der Waals surface area contributed by atoms with Crippen molar-refractivity contribution in [3.05, 3.63) is 62.1 Å². The van der Waals surface area contributed by atoms with E-state index in [1.165, 1.54) is 44.7 Å². The highest BCUT2D eigenvalue weighted by molar-refractivity contribution is 9.10. The van der Waals surface area contributed by atoms with E-state index in [1.54, 1.807) is 12.1 Å². The highest BCUT2D eigenvalue weighted by atomic mass is 79.9. The van der Waals surface area contributed by atoms with Gasteiger partial charge in [-0.1, -0.05) is 6.07 Å². The Morgan fingerprint density at radius 1 is 1.17 bits per heavy atom. The van der Waals surface area contributed by atoms with Crippen LogP contribution in [0.4, 0.5) is 5.69 Å². The van der Waals surface area contributed by atoms with Crippen LogP contribution in [0.2, 0.25) is 0 Å². The van der Waals surface area contributed by atoms with Crippen molar-refractivity contribution in [3.8, 4) is 11.5 Å². The Morgan fingerprint density at radius 3 is 2.55 bits per heavy atom. The summed E-state index contributed by atoms with van der Waals surface area (Å²) in [6.45, 7) is -0.314. The topological polar surface area (TPSA) is 132 Å². The summed E-state index contributed by atoms with van der Waals surface area (Å²) in [5.74, 6) is -0.183. The summed E-state index contributed by atoms with van der Waals surface area (Å²) < 4.78 is 10.6. The molecule has 152 valence electrons. The van der Waals surface area contributed by atoms with Gasteiger partial charge in [0.25, 0.3) is 17.5 Å². The van der Waals surface area contributed by atoms with E-state index >= 15 is 0 Å². The van der Waals surface area contributed by atoms with Gasteiger partial charge in [0.2, 0.25) is 0 Å². The Balaban J connectivity index is 1.90. The Kier molecular flexibility index (Phi) is 7.66. The number of halogens is 1. The predicted molar refractivity (Wildman–Crippen MR) is 108 cm³/mol. The van der Waals surface area contributed by atoms with Crippen molar-refractivity contribution in [3.63, 3.8) is 0 Å². The zero-order valence-electron chi connectivity index (χ0n) is 15.5. The standard InChI is InChI=1S/C18H17BrN4O6/c1-28-15-6-4-12(8-16(15)29-2)18(25)20-10-17(24)22-21-9-11-3-5-13(19)14(7-11)23(26)27/h3-9H,10H2,1-2H3,(H,20,25)(H,22,24). The average Bonchev–Trinajstić information content (AvgIpc) is 2.72. The molecule has 0 aliphatic carbocycles. The first-order valence-electron chi connectivity index (χ1n) is 8.11. The summed E-state index contributed by atoms with van der Waals surface area (Å²) in [7, 11) is 2.93. The van der Waals surface area contributed by atoms with E-state index in [0.29, 0.717) is 27.1 Å². The zero-order chi connectivity index (χ0) is 21.4. The molecule has 2 aromatic rings. The lowest BCUT2D eigenvalue weighted by molar-refractivity contribution is -0.385. The van der Waals surface area contributed by atoms with Gasteiger partial charge < -0.3 is 14.8 Å². The largest absolute Gasteiger partial charge is 0.493 e. The number of nitro benzene ring substituents is 1. The van der Waals surface area contributed by atoms with Crippen LogP contribution >= 0.6 is 15.9 Å². The molecule has 0 unspecified atom stereocenters. The maximum absolute atomic E-state index is 12.2. The Labute approximate surface area is 174 Å². The van der Waals surface area contributed by atoms with Gasteiger partial charge in [-0.2, -0.15) is 5.10 Å². The van der Waals surface area contributed by atoms with Gasteiger partial charge >= 0.3 is 0 Å². The number of amides is 2. The fourth-order valence-corrected chi connectivity index (χ4v) is 2.60. The lowest BCUT2D eigenvalue weighted by Gasteiger charge is -2.09. The number of nitrogens with zero attached hydrogens (tertiary/aromatic N) is 2. The highest BCUT2D eigenvalue weighted by Crippen LogP contribution is 2.27. The molecule has 0 bridgehead atoms. The summed E-state index contributed by atoms with van der Waals surface area (Å²) in [4.78, 5) is 34.3. The van der Waals surface area contributed by atoms with Gasteiger partial charge in [-0.05, 0) is 40.2 Å². The van der Waals surface area contributed by atoms with E-state index in [4.69, 9.17) is 9.47 Å². The van der Waals surface area contributed by atoms with E-state index in [2.05, 4.69) is 31.8 Å². The first-order chi connectivity index (χ1) is 13.8. The minimum absolute atomic E-state index is 0.123. The van der Waals surface area contributed by atoms with Crippen molar-refractivity contribution in [1.29, 1.82) is 0 Å². The molecule has 2 amide bonds. The molecule has 0 atom stereocenters. The van der Waals surface area contributed by atoms with Crippen LogP contribution < -0.4 is 20.2 Å². The van der Waals surface area contributed by atoms with E-state index in [0.717, 1.165) is 0 Å². The average molecular weight is 465 g/mol. The second kappa shape index (κ2) is 10.2. The van der Waals surface area contributed by atoms with Crippen LogP contribution in [0.5, 0.6) is 11.5 Å². The SMILES string of the molecule is COc1ccc(C(=O)NCC(=O)NN=Cc2ccc(Br)c([N+](=O)[O-])c2)cc1OC. The van der Waals surface area contributed by atoms with E-state index in [-0.39, 0.29) is 12.2 Å². The van der Waals surface area contributed by atoms with E-state index < -0.39 is 16.7 Å². The molecule has 0 aliphatic heterocycles. The van der Waals surface area contributed by atoms with Crippen molar-refractivity contribution in [2.45, 2.75) is 0 Å². The molecule has 2 rings (SSSR count). The summed E-state index contributed by atoms with van der Waals surface area (Å²) in [6.07, 6.45) is 1.26. The van der Waals surface area contributed by atoms with E-state index in [1.807, 2.05) is 0 Å². The second-order valence-electron chi connectivity index (χ2n) is 5.51. The number of hydrogen-bond donors (Lipinski definition) is 2. The molecular weight excluding hydrogens is 448 g/mol. The van der Waals surface area contributed by atoms with Gasteiger partial charge in [0.15, 0.2) is 11.5 Å². The van der Waals surface area contributed by atoms with Crippen LogP contribution in [0.25, 0.3) is 0 Å². The molecule has 10 nitrogen and oxygen atoms in total. The number of carbonyl (C=O) groups is 2. The maximum atomic E-state index is 12.2. The number of carbonyl (C=O) groups excluding carboxylic acids is 2. The highest BCUT2D eigenvalue weighted by Gasteiger charge is 2.13. The Morgan fingerprint density at radius 2 is 1.90 bits per heavy atom. The molecule has 0 spiro atoms. The van der Waals surface area contributed by atoms with Gasteiger partial charge in [-0.25, -0.2) is 5.43 Å². The fraction of sp³-hybridized carbons (Fsp3) is 0.167. The summed E-state index contributed by atoms with van der Waals surface area (Å²) >= 11 is 3.08. The second-order valence-corrected chi connectivity index (χ2v) is 6.37. The van der Waals surface area contributed by atoms with Gasteiger partial charge in [-0.15, -0.1) is 0 Å². The van der Waals surface area contributed by atoms with Crippen molar-refractivity contribution in [2.24, 2.45) is 5.10 Å². The summed E-state index contributed by atoms with van der Waals surface area (Å²) in [6, 6.07) is 9.00. The molecule has 0 aliphatic rings. The van der Waals surface area contributed by atoms with Crippen LogP contribution in [0.1, 0.15) is 15.9 Å². The molecule has 0 fully saturated rings. The van der Waals surface area contributed by atoms with Gasteiger partial charge in [0.1, 0.15) is 0 Å².